The van der Waals surface area contributed by atoms with Gasteiger partial charge in [0.05, 0.1) is 0 Å². The van der Waals surface area contributed by atoms with Gasteiger partial charge in [-0.3, -0.25) is 4.99 Å². The van der Waals surface area contributed by atoms with E-state index in [1.807, 2.05) is 0 Å². The topological polar surface area (TPSA) is 48.9 Å². The zero-order chi connectivity index (χ0) is 18.7. The van der Waals surface area contributed by atoms with Gasteiger partial charge in [-0.15, -0.1) is 0 Å². The van der Waals surface area contributed by atoms with Crippen LogP contribution in [0.15, 0.2) is 4.99 Å². The quantitative estimate of drug-likeness (QED) is 0.334. The Hall–Kier alpha value is -0.810. The van der Waals surface area contributed by atoms with Gasteiger partial charge in [-0.05, 0) is 77.3 Å². The van der Waals surface area contributed by atoms with Gasteiger partial charge < -0.3 is 20.3 Å². The Morgan fingerprint density at radius 2 is 2.04 bits per heavy atom. The maximum absolute atomic E-state index is 5.29. The Bertz CT molecular complexity index is 409. The van der Waals surface area contributed by atoms with Gasteiger partial charge in [0.25, 0.3) is 0 Å². The SMILES string of the molecule is CCNC(=NCC1(CCOC)CCC1)NCCCCN1CCCCC1C. The molecule has 0 bridgehead atoms. The standard InChI is InChI=1S/C21H42N4O/c1-4-22-20(24-18-21(11-9-12-21)13-17-26-3)23-14-6-8-16-25-15-7-5-10-19(25)2/h19H,4-18H2,1-3H3,(H2,22,23,24). The van der Waals surface area contributed by atoms with Crippen LogP contribution in [0.25, 0.3) is 0 Å². The zero-order valence-electron chi connectivity index (χ0n) is 17.5. The molecule has 1 atom stereocenters. The second-order valence-electron chi connectivity index (χ2n) is 8.31. The van der Waals surface area contributed by atoms with Crippen molar-refractivity contribution in [1.82, 2.24) is 15.5 Å². The number of nitrogens with zero attached hydrogens (tertiary/aromatic N) is 2. The van der Waals surface area contributed by atoms with Gasteiger partial charge in [0.15, 0.2) is 5.96 Å². The number of likely N-dealkylation sites (tertiary alicyclic amines) is 1. The summed E-state index contributed by atoms with van der Waals surface area (Å²) in [5.74, 6) is 0.988. The monoisotopic (exact) mass is 366 g/mol. The smallest absolute Gasteiger partial charge is 0.191 e. The van der Waals surface area contributed by atoms with Gasteiger partial charge in [0.1, 0.15) is 0 Å². The summed E-state index contributed by atoms with van der Waals surface area (Å²) in [5, 5.41) is 6.94. The van der Waals surface area contributed by atoms with Gasteiger partial charge in [-0.2, -0.15) is 0 Å². The lowest BCUT2D eigenvalue weighted by atomic mass is 9.67. The molecule has 0 radical (unpaired) electrons. The third kappa shape index (κ3) is 7.07. The van der Waals surface area contributed by atoms with E-state index in [0.29, 0.717) is 5.41 Å². The first-order valence-electron chi connectivity index (χ1n) is 10.9. The van der Waals surface area contributed by atoms with Crippen molar-refractivity contribution in [2.24, 2.45) is 10.4 Å². The van der Waals surface area contributed by atoms with E-state index in [1.165, 1.54) is 64.5 Å². The fourth-order valence-corrected chi connectivity index (χ4v) is 4.21. The molecule has 0 aromatic rings. The molecule has 1 aliphatic heterocycles. The number of methoxy groups -OCH3 is 1. The van der Waals surface area contributed by atoms with Gasteiger partial charge in [-0.1, -0.05) is 12.8 Å². The minimum Gasteiger partial charge on any atom is -0.385 e. The number of nitrogens with one attached hydrogen (secondary N) is 2. The van der Waals surface area contributed by atoms with Crippen LogP contribution in [0.1, 0.15) is 71.6 Å². The largest absolute Gasteiger partial charge is 0.385 e. The normalized spacial score (nSPS) is 23.5. The zero-order valence-corrected chi connectivity index (χ0v) is 17.5. The number of guanidine groups is 1. The van der Waals surface area contributed by atoms with Crippen LogP contribution in [0.4, 0.5) is 0 Å². The van der Waals surface area contributed by atoms with Crippen LogP contribution in [0.2, 0.25) is 0 Å². The first-order valence-corrected chi connectivity index (χ1v) is 10.9. The summed E-state index contributed by atoms with van der Waals surface area (Å²) in [4.78, 5) is 7.55. The van der Waals surface area contributed by atoms with Gasteiger partial charge in [0.2, 0.25) is 0 Å². The molecule has 5 heteroatoms. The van der Waals surface area contributed by atoms with E-state index in [-0.39, 0.29) is 0 Å². The van der Waals surface area contributed by atoms with Crippen molar-refractivity contribution < 1.29 is 4.74 Å². The number of hydrogen-bond acceptors (Lipinski definition) is 3. The predicted octanol–water partition coefficient (Wildman–Crippen LogP) is 3.40. The van der Waals surface area contributed by atoms with Crippen LogP contribution >= 0.6 is 0 Å². The fraction of sp³-hybridized carbons (Fsp3) is 0.952. The van der Waals surface area contributed by atoms with Crippen LogP contribution in [-0.2, 0) is 4.74 Å². The first-order chi connectivity index (χ1) is 12.7. The molecule has 1 heterocycles. The van der Waals surface area contributed by atoms with Gasteiger partial charge in [-0.25, -0.2) is 0 Å². The molecule has 2 fully saturated rings. The molecule has 2 aliphatic rings. The van der Waals surface area contributed by atoms with Gasteiger partial charge >= 0.3 is 0 Å². The number of aliphatic imine (C=N–C) groups is 1. The van der Waals surface area contributed by atoms with Crippen LogP contribution < -0.4 is 10.6 Å². The summed E-state index contributed by atoms with van der Waals surface area (Å²) in [7, 11) is 1.80. The Morgan fingerprint density at radius 3 is 2.69 bits per heavy atom. The summed E-state index contributed by atoms with van der Waals surface area (Å²) in [6, 6.07) is 0.779. The van der Waals surface area contributed by atoms with Crippen LogP contribution in [-0.4, -0.2) is 63.3 Å². The molecule has 0 aromatic heterocycles. The Labute approximate surface area is 161 Å². The highest BCUT2D eigenvalue weighted by Crippen LogP contribution is 2.44. The van der Waals surface area contributed by atoms with Crippen molar-refractivity contribution in [2.45, 2.75) is 77.7 Å². The van der Waals surface area contributed by atoms with Crippen LogP contribution in [0.3, 0.4) is 0 Å². The summed E-state index contributed by atoms with van der Waals surface area (Å²) < 4.78 is 5.29. The van der Waals surface area contributed by atoms with E-state index in [0.717, 1.165) is 44.7 Å². The Balaban J connectivity index is 1.66. The molecule has 1 aliphatic carbocycles. The van der Waals surface area contributed by atoms with Crippen LogP contribution in [0, 0.1) is 5.41 Å². The first kappa shape index (κ1) is 21.5. The third-order valence-electron chi connectivity index (χ3n) is 6.27. The molecule has 0 amide bonds. The predicted molar refractivity (Wildman–Crippen MR) is 111 cm³/mol. The Kier molecular flexibility index (Phi) is 9.76. The van der Waals surface area contributed by atoms with E-state index in [4.69, 9.17) is 9.73 Å². The molecule has 2 rings (SSSR count). The fourth-order valence-electron chi connectivity index (χ4n) is 4.21. The van der Waals surface area contributed by atoms with Crippen molar-refractivity contribution in [3.05, 3.63) is 0 Å². The molecule has 0 spiro atoms. The average molecular weight is 367 g/mol. The minimum atomic E-state index is 0.392. The number of unbranched alkanes of at least 4 members (excludes halogenated alkanes) is 1. The van der Waals surface area contributed by atoms with E-state index in [2.05, 4.69) is 29.4 Å². The number of piperidine rings is 1. The lowest BCUT2D eigenvalue weighted by molar-refractivity contribution is 0.0778. The summed E-state index contributed by atoms with van der Waals surface area (Å²) in [6.07, 6.45) is 11.7. The third-order valence-corrected chi connectivity index (χ3v) is 6.27. The number of rotatable bonds is 11. The van der Waals surface area contributed by atoms with E-state index >= 15 is 0 Å². The van der Waals surface area contributed by atoms with Crippen molar-refractivity contribution in [1.29, 1.82) is 0 Å². The van der Waals surface area contributed by atoms with Crippen molar-refractivity contribution in [3.63, 3.8) is 0 Å². The maximum Gasteiger partial charge on any atom is 0.191 e. The molecule has 5 nitrogen and oxygen atoms in total. The molecule has 1 unspecified atom stereocenters. The summed E-state index contributed by atoms with van der Waals surface area (Å²) in [6.45, 7) is 10.8. The summed E-state index contributed by atoms with van der Waals surface area (Å²) >= 11 is 0. The second-order valence-corrected chi connectivity index (χ2v) is 8.31. The second kappa shape index (κ2) is 11.8. The molecule has 1 saturated heterocycles. The van der Waals surface area contributed by atoms with E-state index in [9.17, 15) is 0 Å². The molecular formula is C21H42N4O. The molecule has 2 N–H and O–H groups in total. The van der Waals surface area contributed by atoms with E-state index in [1.54, 1.807) is 7.11 Å². The average Bonchev–Trinajstić information content (AvgIpc) is 2.61. The molecular weight excluding hydrogens is 324 g/mol. The minimum absolute atomic E-state index is 0.392. The van der Waals surface area contributed by atoms with E-state index < -0.39 is 0 Å². The summed E-state index contributed by atoms with van der Waals surface area (Å²) in [5.41, 5.74) is 0.392. The van der Waals surface area contributed by atoms with Crippen molar-refractivity contribution in [2.75, 3.05) is 46.4 Å². The van der Waals surface area contributed by atoms with Crippen molar-refractivity contribution >= 4 is 5.96 Å². The highest BCUT2D eigenvalue weighted by molar-refractivity contribution is 5.79. The number of hydrogen-bond donors (Lipinski definition) is 2. The molecule has 152 valence electrons. The highest BCUT2D eigenvalue weighted by atomic mass is 16.5. The lowest BCUT2D eigenvalue weighted by Crippen LogP contribution is -2.41. The lowest BCUT2D eigenvalue weighted by Gasteiger charge is -2.40. The Morgan fingerprint density at radius 1 is 1.19 bits per heavy atom. The highest BCUT2D eigenvalue weighted by Gasteiger charge is 2.36. The maximum atomic E-state index is 5.29. The molecule has 26 heavy (non-hydrogen) atoms. The van der Waals surface area contributed by atoms with Gasteiger partial charge in [0, 0.05) is 39.4 Å². The molecule has 0 aromatic carbocycles. The van der Waals surface area contributed by atoms with Crippen LogP contribution in [0.5, 0.6) is 0 Å². The molecule has 1 saturated carbocycles. The number of ether oxygens (including phenoxy) is 1. The van der Waals surface area contributed by atoms with Crippen molar-refractivity contribution in [3.8, 4) is 0 Å².